The SMILES string of the molecule is CC(C)CCOC(=O)/C=C/c1ccc(CO)cc1. The van der Waals surface area contributed by atoms with Crippen LogP contribution < -0.4 is 0 Å². The molecule has 18 heavy (non-hydrogen) atoms. The summed E-state index contributed by atoms with van der Waals surface area (Å²) in [5, 5.41) is 8.90. The predicted molar refractivity (Wildman–Crippen MR) is 71.8 cm³/mol. The van der Waals surface area contributed by atoms with Crippen LogP contribution in [0.5, 0.6) is 0 Å². The third-order valence-corrected chi connectivity index (χ3v) is 2.51. The Balaban J connectivity index is 2.40. The highest BCUT2D eigenvalue weighted by molar-refractivity contribution is 5.87. The fourth-order valence-electron chi connectivity index (χ4n) is 1.34. The van der Waals surface area contributed by atoms with E-state index in [1.54, 1.807) is 6.08 Å². The third kappa shape index (κ3) is 5.64. The van der Waals surface area contributed by atoms with Crippen LogP contribution in [0.2, 0.25) is 0 Å². The van der Waals surface area contributed by atoms with Crippen LogP contribution in [-0.4, -0.2) is 17.7 Å². The second kappa shape index (κ2) is 7.67. The van der Waals surface area contributed by atoms with E-state index in [9.17, 15) is 4.79 Å². The van der Waals surface area contributed by atoms with Gasteiger partial charge in [-0.05, 0) is 29.5 Å². The molecule has 0 aliphatic rings. The molecule has 1 N–H and O–H groups in total. The minimum absolute atomic E-state index is 0.0290. The lowest BCUT2D eigenvalue weighted by Gasteiger charge is -2.04. The van der Waals surface area contributed by atoms with Gasteiger partial charge >= 0.3 is 5.97 Å². The molecule has 0 aliphatic carbocycles. The molecule has 0 saturated heterocycles. The van der Waals surface area contributed by atoms with E-state index < -0.39 is 0 Å². The Morgan fingerprint density at radius 3 is 2.56 bits per heavy atom. The van der Waals surface area contributed by atoms with Gasteiger partial charge < -0.3 is 9.84 Å². The van der Waals surface area contributed by atoms with Crippen LogP contribution in [0, 0.1) is 5.92 Å². The van der Waals surface area contributed by atoms with Crippen LogP contribution in [0.15, 0.2) is 30.3 Å². The standard InChI is InChI=1S/C15H20O3/c1-12(2)9-10-18-15(17)8-7-13-3-5-14(11-16)6-4-13/h3-8,12,16H,9-11H2,1-2H3/b8-7+. The smallest absolute Gasteiger partial charge is 0.330 e. The summed E-state index contributed by atoms with van der Waals surface area (Å²) < 4.78 is 5.05. The van der Waals surface area contributed by atoms with Gasteiger partial charge in [0.15, 0.2) is 0 Å². The molecule has 0 bridgehead atoms. The number of aliphatic hydroxyl groups excluding tert-OH is 1. The molecular weight excluding hydrogens is 228 g/mol. The van der Waals surface area contributed by atoms with Gasteiger partial charge in [-0.15, -0.1) is 0 Å². The van der Waals surface area contributed by atoms with Crippen molar-refractivity contribution in [2.45, 2.75) is 26.9 Å². The van der Waals surface area contributed by atoms with Crippen molar-refractivity contribution >= 4 is 12.0 Å². The summed E-state index contributed by atoms with van der Waals surface area (Å²) in [7, 11) is 0. The molecule has 0 aliphatic heterocycles. The zero-order chi connectivity index (χ0) is 13.4. The monoisotopic (exact) mass is 248 g/mol. The van der Waals surface area contributed by atoms with E-state index in [1.165, 1.54) is 6.08 Å². The first-order valence-electron chi connectivity index (χ1n) is 6.16. The van der Waals surface area contributed by atoms with Crippen LogP contribution in [0.1, 0.15) is 31.4 Å². The molecule has 0 fully saturated rings. The highest BCUT2D eigenvalue weighted by atomic mass is 16.5. The summed E-state index contributed by atoms with van der Waals surface area (Å²) in [5.41, 5.74) is 1.76. The number of rotatable bonds is 6. The molecule has 1 aromatic carbocycles. The van der Waals surface area contributed by atoms with Crippen LogP contribution in [0.25, 0.3) is 6.08 Å². The lowest BCUT2D eigenvalue weighted by molar-refractivity contribution is -0.137. The topological polar surface area (TPSA) is 46.5 Å². The maximum Gasteiger partial charge on any atom is 0.330 e. The quantitative estimate of drug-likeness (QED) is 0.622. The van der Waals surface area contributed by atoms with Gasteiger partial charge in [0, 0.05) is 6.08 Å². The lowest BCUT2D eigenvalue weighted by Crippen LogP contribution is -2.04. The zero-order valence-corrected chi connectivity index (χ0v) is 10.9. The molecule has 0 amide bonds. The Kier molecular flexibility index (Phi) is 6.15. The molecular formula is C15H20O3. The number of carbonyl (C=O) groups excluding carboxylic acids is 1. The Morgan fingerprint density at radius 1 is 1.33 bits per heavy atom. The van der Waals surface area contributed by atoms with Gasteiger partial charge in [0.05, 0.1) is 13.2 Å². The average Bonchev–Trinajstić information content (AvgIpc) is 2.36. The first kappa shape index (κ1) is 14.5. The number of benzene rings is 1. The number of hydrogen-bond donors (Lipinski definition) is 1. The van der Waals surface area contributed by atoms with Gasteiger partial charge in [-0.3, -0.25) is 0 Å². The fourth-order valence-corrected chi connectivity index (χ4v) is 1.34. The highest BCUT2D eigenvalue weighted by Gasteiger charge is 1.99. The molecule has 0 aromatic heterocycles. The third-order valence-electron chi connectivity index (χ3n) is 2.51. The maximum absolute atomic E-state index is 11.4. The van der Waals surface area contributed by atoms with Gasteiger partial charge in [0.2, 0.25) is 0 Å². The van der Waals surface area contributed by atoms with Gasteiger partial charge in [-0.25, -0.2) is 4.79 Å². The summed E-state index contributed by atoms with van der Waals surface area (Å²) in [5.74, 6) is 0.217. The van der Waals surface area contributed by atoms with Crippen molar-refractivity contribution in [2.24, 2.45) is 5.92 Å². The van der Waals surface area contributed by atoms with Crippen molar-refractivity contribution in [3.05, 3.63) is 41.5 Å². The minimum atomic E-state index is -0.318. The Labute approximate surface area is 108 Å². The number of hydrogen-bond acceptors (Lipinski definition) is 3. The van der Waals surface area contributed by atoms with E-state index in [0.717, 1.165) is 17.5 Å². The molecule has 0 unspecified atom stereocenters. The van der Waals surface area contributed by atoms with Crippen LogP contribution in [-0.2, 0) is 16.1 Å². The van der Waals surface area contributed by atoms with E-state index in [0.29, 0.717) is 12.5 Å². The van der Waals surface area contributed by atoms with E-state index in [1.807, 2.05) is 24.3 Å². The fraction of sp³-hybridized carbons (Fsp3) is 0.400. The van der Waals surface area contributed by atoms with Gasteiger partial charge in [-0.2, -0.15) is 0 Å². The van der Waals surface area contributed by atoms with Crippen molar-refractivity contribution in [1.82, 2.24) is 0 Å². The summed E-state index contributed by atoms with van der Waals surface area (Å²) in [6.07, 6.45) is 4.01. The normalized spacial score (nSPS) is 11.1. The Hall–Kier alpha value is -1.61. The first-order chi connectivity index (χ1) is 8.61. The van der Waals surface area contributed by atoms with Gasteiger partial charge in [0.1, 0.15) is 0 Å². The van der Waals surface area contributed by atoms with E-state index >= 15 is 0 Å². The summed E-state index contributed by atoms with van der Waals surface area (Å²) in [4.78, 5) is 11.4. The minimum Gasteiger partial charge on any atom is -0.463 e. The van der Waals surface area contributed by atoms with Crippen molar-refractivity contribution < 1.29 is 14.6 Å². The van der Waals surface area contributed by atoms with Crippen molar-refractivity contribution in [3.63, 3.8) is 0 Å². The highest BCUT2D eigenvalue weighted by Crippen LogP contribution is 2.06. The number of esters is 1. The largest absolute Gasteiger partial charge is 0.463 e. The van der Waals surface area contributed by atoms with Gasteiger partial charge in [0.25, 0.3) is 0 Å². The molecule has 0 radical (unpaired) electrons. The lowest BCUT2D eigenvalue weighted by atomic mass is 10.1. The Morgan fingerprint density at radius 2 is 2.00 bits per heavy atom. The van der Waals surface area contributed by atoms with Crippen molar-refractivity contribution in [2.75, 3.05) is 6.61 Å². The maximum atomic E-state index is 11.4. The van der Waals surface area contributed by atoms with Crippen molar-refractivity contribution in [1.29, 1.82) is 0 Å². The van der Waals surface area contributed by atoms with E-state index in [2.05, 4.69) is 13.8 Å². The molecule has 0 heterocycles. The molecule has 3 heteroatoms. The molecule has 0 saturated carbocycles. The second-order valence-corrected chi connectivity index (χ2v) is 4.58. The molecule has 3 nitrogen and oxygen atoms in total. The van der Waals surface area contributed by atoms with Crippen LogP contribution >= 0.6 is 0 Å². The van der Waals surface area contributed by atoms with E-state index in [-0.39, 0.29) is 12.6 Å². The molecule has 0 spiro atoms. The van der Waals surface area contributed by atoms with Crippen LogP contribution in [0.3, 0.4) is 0 Å². The van der Waals surface area contributed by atoms with Crippen LogP contribution in [0.4, 0.5) is 0 Å². The zero-order valence-electron chi connectivity index (χ0n) is 10.9. The predicted octanol–water partition coefficient (Wildman–Crippen LogP) is 2.78. The van der Waals surface area contributed by atoms with Gasteiger partial charge in [-0.1, -0.05) is 38.1 Å². The Bertz CT molecular complexity index is 391. The number of ether oxygens (including phenoxy) is 1. The second-order valence-electron chi connectivity index (χ2n) is 4.58. The van der Waals surface area contributed by atoms with E-state index in [4.69, 9.17) is 9.84 Å². The molecule has 0 atom stereocenters. The number of aliphatic hydroxyl groups is 1. The summed E-state index contributed by atoms with van der Waals surface area (Å²) in [6, 6.07) is 7.35. The average molecular weight is 248 g/mol. The molecule has 1 aromatic rings. The summed E-state index contributed by atoms with van der Waals surface area (Å²) >= 11 is 0. The van der Waals surface area contributed by atoms with Crippen molar-refractivity contribution in [3.8, 4) is 0 Å². The number of carbonyl (C=O) groups is 1. The summed E-state index contributed by atoms with van der Waals surface area (Å²) in [6.45, 7) is 4.67. The molecule has 1 rings (SSSR count). The first-order valence-corrected chi connectivity index (χ1v) is 6.16. The molecule has 98 valence electrons.